The lowest BCUT2D eigenvalue weighted by Crippen LogP contribution is -2.57. The van der Waals surface area contributed by atoms with Crippen LogP contribution < -0.4 is 48.7 Å². The highest BCUT2D eigenvalue weighted by Gasteiger charge is 2.33. The minimum absolute atomic E-state index is 0.00618. The van der Waals surface area contributed by atoms with Gasteiger partial charge in [0.15, 0.2) is 0 Å². The molecule has 5 atom stereocenters. The number of hydrogen-bond acceptors (Lipinski definition) is 11. The molecule has 0 aromatic heterocycles. The predicted octanol–water partition coefficient (Wildman–Crippen LogP) is -0.690. The maximum Gasteiger partial charge on any atom is 0.326 e. The van der Waals surface area contributed by atoms with E-state index in [0.29, 0.717) is 11.6 Å². The fourth-order valence-electron chi connectivity index (χ4n) is 6.18. The van der Waals surface area contributed by atoms with Gasteiger partial charge in [0.25, 0.3) is 0 Å². The number of nitrogens with zero attached hydrogens (tertiary/aromatic N) is 1. The largest absolute Gasteiger partial charge is 0.480 e. The molecule has 0 spiro atoms. The number of amides is 9. The van der Waals surface area contributed by atoms with Crippen molar-refractivity contribution in [2.24, 2.45) is 23.3 Å². The number of rotatable bonds is 27. The SMILES string of the molecule is CC(C)C[C@H](NC(=O)[C@@H](NC(=O)[C@H](CC(N)=O)NC(=O)/C=C/C(=O)NCC(=O)NCC(=O)N[C@@H](Cc1ccccc1)C(=O)O)c1ccccc1)C(=O)N[C@H](C(N)=O)C(C)C.CCN(CC)CC. The number of nitrogens with one attached hydrogen (secondary N) is 7. The average Bonchev–Trinajstić information content (AvgIpc) is 3.27. The molecule has 0 radical (unpaired) electrons. The van der Waals surface area contributed by atoms with E-state index in [-0.39, 0.29) is 30.2 Å². The van der Waals surface area contributed by atoms with Crippen molar-refractivity contribution in [3.63, 3.8) is 0 Å². The molecule has 9 amide bonds. The highest BCUT2D eigenvalue weighted by Crippen LogP contribution is 2.16. The van der Waals surface area contributed by atoms with Crippen molar-refractivity contribution >= 4 is 59.1 Å². The van der Waals surface area contributed by atoms with Crippen molar-refractivity contribution in [1.82, 2.24) is 42.1 Å². The minimum atomic E-state index is -1.65. The van der Waals surface area contributed by atoms with Gasteiger partial charge in [0.05, 0.1) is 19.5 Å². The van der Waals surface area contributed by atoms with E-state index in [1.54, 1.807) is 76.2 Å². The third kappa shape index (κ3) is 23.6. The van der Waals surface area contributed by atoms with Gasteiger partial charge in [0.2, 0.25) is 53.2 Å². The van der Waals surface area contributed by atoms with Gasteiger partial charge < -0.3 is 58.7 Å². The van der Waals surface area contributed by atoms with Crippen LogP contribution in [-0.4, -0.2) is 126 Å². The van der Waals surface area contributed by atoms with Gasteiger partial charge in [-0.1, -0.05) is 109 Å². The summed E-state index contributed by atoms with van der Waals surface area (Å²) >= 11 is 0. The Balaban J connectivity index is 0.00000295. The van der Waals surface area contributed by atoms with E-state index >= 15 is 0 Å². The van der Waals surface area contributed by atoms with Crippen molar-refractivity contribution in [2.75, 3.05) is 32.7 Å². The van der Waals surface area contributed by atoms with Crippen LogP contribution in [0, 0.1) is 11.8 Å². The lowest BCUT2D eigenvalue weighted by atomic mass is 9.99. The van der Waals surface area contributed by atoms with E-state index in [2.05, 4.69) is 62.9 Å². The van der Waals surface area contributed by atoms with Gasteiger partial charge in [-0.2, -0.15) is 0 Å². The summed E-state index contributed by atoms with van der Waals surface area (Å²) in [5.41, 5.74) is 11.7. The molecule has 67 heavy (non-hydrogen) atoms. The second kappa shape index (κ2) is 30.9. The molecule has 0 heterocycles. The van der Waals surface area contributed by atoms with Crippen molar-refractivity contribution < 1.29 is 53.1 Å². The minimum Gasteiger partial charge on any atom is -0.480 e. The van der Waals surface area contributed by atoms with Crippen LogP contribution in [-0.2, 0) is 54.4 Å². The molecular weight excluding hydrogens is 869 g/mol. The number of hydrogen-bond donors (Lipinski definition) is 10. The van der Waals surface area contributed by atoms with Gasteiger partial charge >= 0.3 is 5.97 Å². The Morgan fingerprint density at radius 2 is 1.15 bits per heavy atom. The first kappa shape index (κ1) is 57.9. The molecule has 0 bridgehead atoms. The Labute approximate surface area is 391 Å². The summed E-state index contributed by atoms with van der Waals surface area (Å²) in [7, 11) is 0. The molecule has 21 nitrogen and oxygen atoms in total. The molecule has 0 aliphatic heterocycles. The fraction of sp³-hybridized carbons (Fsp3) is 0.478. The summed E-state index contributed by atoms with van der Waals surface area (Å²) in [5, 5.41) is 26.1. The first-order valence-corrected chi connectivity index (χ1v) is 22.0. The van der Waals surface area contributed by atoms with Crippen LogP contribution >= 0.6 is 0 Å². The standard InChI is InChI=1S/C40H53N9O11.C6H15N/c1-22(2)17-26(37(56)48-34(23(3)4)36(42)55)47-39(58)35(25-13-9-6-10-14-25)49-38(57)27(19-29(41)50)45-31(52)16-15-30(51)43-20-32(53)44-21-33(54)46-28(40(59)60)18-24-11-7-5-8-12-24;1-4-7(5-2)6-3/h5-16,22-23,26-28,34-35H,17-21H2,1-4H3,(H2,41,50)(H2,42,55)(H,43,51)(H,44,53)(H,45,52)(H,46,54)(H,47,58)(H,48,56)(H,49,57)(H,59,60);4-6H2,1-3H3/b16-15+;/t26-,27-,28-,34-,35-;/m0./s1. The molecule has 0 saturated carbocycles. The zero-order chi connectivity index (χ0) is 50.6. The van der Waals surface area contributed by atoms with Crippen LogP contribution in [0.3, 0.4) is 0 Å². The highest BCUT2D eigenvalue weighted by molar-refractivity contribution is 6.01. The normalized spacial score (nSPS) is 13.1. The number of benzene rings is 2. The quantitative estimate of drug-likeness (QED) is 0.0498. The molecular formula is C46H68N10O11. The number of primary amides is 2. The van der Waals surface area contributed by atoms with Crippen molar-refractivity contribution in [2.45, 2.75) is 97.9 Å². The first-order valence-electron chi connectivity index (χ1n) is 22.0. The summed E-state index contributed by atoms with van der Waals surface area (Å²) in [6.07, 6.45) is 0.844. The molecule has 2 rings (SSSR count). The van der Waals surface area contributed by atoms with Gasteiger partial charge in [-0.25, -0.2) is 4.79 Å². The number of aliphatic carboxylic acids is 1. The number of carboxylic acid groups (broad SMARTS) is 1. The third-order valence-corrected chi connectivity index (χ3v) is 9.84. The zero-order valence-corrected chi connectivity index (χ0v) is 39.3. The van der Waals surface area contributed by atoms with Gasteiger partial charge in [-0.15, -0.1) is 0 Å². The van der Waals surface area contributed by atoms with Gasteiger partial charge in [-0.05, 0) is 49.0 Å². The van der Waals surface area contributed by atoms with E-state index in [1.807, 2.05) is 0 Å². The van der Waals surface area contributed by atoms with Gasteiger partial charge in [-0.3, -0.25) is 43.2 Å². The van der Waals surface area contributed by atoms with Crippen LogP contribution in [0.15, 0.2) is 72.8 Å². The molecule has 21 heteroatoms. The summed E-state index contributed by atoms with van der Waals surface area (Å²) in [5.74, 6) is -9.66. The summed E-state index contributed by atoms with van der Waals surface area (Å²) in [6.45, 7) is 15.9. The topological polar surface area (TPSA) is 330 Å². The molecule has 368 valence electrons. The Bertz CT molecular complexity index is 1990. The van der Waals surface area contributed by atoms with E-state index in [1.165, 1.54) is 31.8 Å². The molecule has 2 aromatic carbocycles. The van der Waals surface area contributed by atoms with Crippen LogP contribution in [0.1, 0.15) is 78.5 Å². The van der Waals surface area contributed by atoms with Crippen molar-refractivity contribution in [3.05, 3.63) is 83.9 Å². The second-order valence-corrected chi connectivity index (χ2v) is 16.0. The second-order valence-electron chi connectivity index (χ2n) is 16.0. The number of carbonyl (C=O) groups is 10. The van der Waals surface area contributed by atoms with Crippen molar-refractivity contribution in [1.29, 1.82) is 0 Å². The molecule has 0 aliphatic carbocycles. The maximum absolute atomic E-state index is 13.8. The molecule has 0 saturated heterocycles. The Kier molecular flexibility index (Phi) is 26.7. The van der Waals surface area contributed by atoms with E-state index in [9.17, 15) is 53.1 Å². The molecule has 0 aliphatic rings. The van der Waals surface area contributed by atoms with Crippen LogP contribution in [0.5, 0.6) is 0 Å². The first-order chi connectivity index (χ1) is 31.6. The Hall–Kier alpha value is -7.16. The van der Waals surface area contributed by atoms with Gasteiger partial charge in [0, 0.05) is 18.6 Å². The van der Waals surface area contributed by atoms with Crippen LogP contribution in [0.25, 0.3) is 0 Å². The van der Waals surface area contributed by atoms with Crippen molar-refractivity contribution in [3.8, 4) is 0 Å². The Morgan fingerprint density at radius 3 is 1.64 bits per heavy atom. The summed E-state index contributed by atoms with van der Waals surface area (Å²) in [4.78, 5) is 128. The fourth-order valence-corrected chi connectivity index (χ4v) is 6.18. The number of carbonyl (C=O) groups excluding carboxylic acids is 9. The van der Waals surface area contributed by atoms with Gasteiger partial charge in [0.1, 0.15) is 30.2 Å². The smallest absolute Gasteiger partial charge is 0.326 e. The monoisotopic (exact) mass is 937 g/mol. The zero-order valence-electron chi connectivity index (χ0n) is 39.3. The van der Waals surface area contributed by atoms with Crippen LogP contribution in [0.4, 0.5) is 0 Å². The lowest BCUT2D eigenvalue weighted by Gasteiger charge is -2.27. The summed E-state index contributed by atoms with van der Waals surface area (Å²) < 4.78 is 0. The summed E-state index contributed by atoms with van der Waals surface area (Å²) in [6, 6.07) is 9.89. The van der Waals surface area contributed by atoms with E-state index in [0.717, 1.165) is 6.08 Å². The maximum atomic E-state index is 13.8. The highest BCUT2D eigenvalue weighted by atomic mass is 16.4. The molecule has 0 unspecified atom stereocenters. The molecule has 0 fully saturated rings. The molecule has 2 aromatic rings. The third-order valence-electron chi connectivity index (χ3n) is 9.84. The molecule has 12 N–H and O–H groups in total. The number of carboxylic acids is 1. The van der Waals surface area contributed by atoms with Crippen LogP contribution in [0.2, 0.25) is 0 Å². The average molecular weight is 937 g/mol. The van der Waals surface area contributed by atoms with E-state index < -0.39 is 109 Å². The lowest BCUT2D eigenvalue weighted by molar-refractivity contribution is -0.141. The van der Waals surface area contributed by atoms with E-state index in [4.69, 9.17) is 11.5 Å². The Morgan fingerprint density at radius 1 is 0.612 bits per heavy atom. The number of nitrogens with two attached hydrogens (primary N) is 2. The predicted molar refractivity (Wildman–Crippen MR) is 249 cm³/mol.